The predicted octanol–water partition coefficient (Wildman–Crippen LogP) is 2.82. The van der Waals surface area contributed by atoms with E-state index in [-0.39, 0.29) is 6.09 Å². The van der Waals surface area contributed by atoms with E-state index in [1.54, 1.807) is 4.90 Å². The minimum absolute atomic E-state index is 0.201. The van der Waals surface area contributed by atoms with E-state index >= 15 is 0 Å². The average Bonchev–Trinajstić information content (AvgIpc) is 2.40. The monoisotopic (exact) mass is 352 g/mol. The second-order valence-corrected chi connectivity index (χ2v) is 9.47. The highest BCUT2D eigenvalue weighted by Crippen LogP contribution is 2.45. The minimum Gasteiger partial charge on any atom is -0.481 e. The molecule has 3 fully saturated rings. The SMILES string of the molecule is CC(C)(C)OC(=O)N1CC(C2CCCN(C3CC(C)(C(=O)O)C3)C2)C1. The summed E-state index contributed by atoms with van der Waals surface area (Å²) in [5.74, 6) is 0.509. The maximum Gasteiger partial charge on any atom is 0.410 e. The summed E-state index contributed by atoms with van der Waals surface area (Å²) in [5.41, 5.74) is -0.966. The van der Waals surface area contributed by atoms with Crippen molar-refractivity contribution in [1.29, 1.82) is 0 Å². The zero-order valence-electron chi connectivity index (χ0n) is 16.0. The lowest BCUT2D eigenvalue weighted by Gasteiger charge is -2.52. The van der Waals surface area contributed by atoms with Crippen LogP contribution >= 0.6 is 0 Å². The largest absolute Gasteiger partial charge is 0.481 e. The second kappa shape index (κ2) is 6.45. The van der Waals surface area contributed by atoms with Crippen molar-refractivity contribution in [2.24, 2.45) is 17.3 Å². The van der Waals surface area contributed by atoms with Gasteiger partial charge in [-0.05, 0) is 71.8 Å². The molecule has 1 amide bonds. The second-order valence-electron chi connectivity index (χ2n) is 9.47. The number of carbonyl (C=O) groups excluding carboxylic acids is 1. The molecule has 2 saturated heterocycles. The molecule has 1 unspecified atom stereocenters. The first-order valence-corrected chi connectivity index (χ1v) is 9.53. The molecule has 3 aliphatic rings. The molecule has 0 aromatic carbocycles. The van der Waals surface area contributed by atoms with Gasteiger partial charge in [0, 0.05) is 25.7 Å². The van der Waals surface area contributed by atoms with Crippen LogP contribution in [0.5, 0.6) is 0 Å². The quantitative estimate of drug-likeness (QED) is 0.846. The van der Waals surface area contributed by atoms with Gasteiger partial charge in [0.15, 0.2) is 0 Å². The van der Waals surface area contributed by atoms with Crippen LogP contribution in [0.25, 0.3) is 0 Å². The number of ether oxygens (including phenoxy) is 1. The van der Waals surface area contributed by atoms with Crippen LogP contribution in [0.4, 0.5) is 4.79 Å². The molecule has 1 saturated carbocycles. The van der Waals surface area contributed by atoms with Crippen LogP contribution < -0.4 is 0 Å². The summed E-state index contributed by atoms with van der Waals surface area (Å²) < 4.78 is 5.43. The number of piperidine rings is 1. The highest BCUT2D eigenvalue weighted by Gasteiger charge is 2.50. The van der Waals surface area contributed by atoms with Crippen LogP contribution in [0.1, 0.15) is 53.4 Å². The molecule has 2 aliphatic heterocycles. The van der Waals surface area contributed by atoms with Crippen molar-refractivity contribution in [1.82, 2.24) is 9.80 Å². The van der Waals surface area contributed by atoms with E-state index in [0.29, 0.717) is 17.9 Å². The van der Waals surface area contributed by atoms with Gasteiger partial charge >= 0.3 is 12.1 Å². The van der Waals surface area contributed by atoms with Gasteiger partial charge in [-0.2, -0.15) is 0 Å². The number of likely N-dealkylation sites (tertiary alicyclic amines) is 2. The number of carboxylic acid groups (broad SMARTS) is 1. The van der Waals surface area contributed by atoms with Gasteiger partial charge in [0.1, 0.15) is 5.60 Å². The Labute approximate surface area is 150 Å². The van der Waals surface area contributed by atoms with Gasteiger partial charge in [-0.3, -0.25) is 4.79 Å². The lowest BCUT2D eigenvalue weighted by Crippen LogP contribution is -2.59. The fourth-order valence-electron chi connectivity index (χ4n) is 4.46. The first-order chi connectivity index (χ1) is 11.6. The summed E-state index contributed by atoms with van der Waals surface area (Å²) in [6.07, 6.45) is 3.72. The Kier molecular flexibility index (Phi) is 4.77. The summed E-state index contributed by atoms with van der Waals surface area (Å²) >= 11 is 0. The molecule has 0 spiro atoms. The molecule has 1 aliphatic carbocycles. The number of carbonyl (C=O) groups is 2. The molecular formula is C19H32N2O4. The maximum atomic E-state index is 12.1. The van der Waals surface area contributed by atoms with Gasteiger partial charge in [-0.25, -0.2) is 4.79 Å². The van der Waals surface area contributed by atoms with Crippen molar-refractivity contribution < 1.29 is 19.4 Å². The molecule has 1 atom stereocenters. The van der Waals surface area contributed by atoms with E-state index in [0.717, 1.165) is 39.0 Å². The van der Waals surface area contributed by atoms with Crippen molar-refractivity contribution in [3.8, 4) is 0 Å². The van der Waals surface area contributed by atoms with E-state index < -0.39 is 17.0 Å². The molecule has 0 aromatic rings. The number of nitrogens with zero attached hydrogens (tertiary/aromatic N) is 2. The van der Waals surface area contributed by atoms with Crippen molar-refractivity contribution in [2.45, 2.75) is 65.0 Å². The first-order valence-electron chi connectivity index (χ1n) is 9.53. The Bertz CT molecular complexity index is 530. The highest BCUT2D eigenvalue weighted by atomic mass is 16.6. The zero-order valence-corrected chi connectivity index (χ0v) is 16.0. The summed E-state index contributed by atoms with van der Waals surface area (Å²) in [7, 11) is 0. The number of aliphatic carboxylic acids is 1. The average molecular weight is 352 g/mol. The fourth-order valence-corrected chi connectivity index (χ4v) is 4.46. The Morgan fingerprint density at radius 3 is 2.32 bits per heavy atom. The number of hydrogen-bond acceptors (Lipinski definition) is 4. The molecule has 6 heteroatoms. The van der Waals surface area contributed by atoms with Crippen LogP contribution in [0.15, 0.2) is 0 Å². The molecule has 0 bridgehead atoms. The molecule has 3 rings (SSSR count). The van der Waals surface area contributed by atoms with Crippen molar-refractivity contribution in [3.05, 3.63) is 0 Å². The van der Waals surface area contributed by atoms with E-state index in [9.17, 15) is 14.7 Å². The van der Waals surface area contributed by atoms with Gasteiger partial charge in [0.05, 0.1) is 5.41 Å². The highest BCUT2D eigenvalue weighted by molar-refractivity contribution is 5.75. The van der Waals surface area contributed by atoms with Crippen molar-refractivity contribution in [2.75, 3.05) is 26.2 Å². The van der Waals surface area contributed by atoms with Crippen LogP contribution in [-0.2, 0) is 9.53 Å². The molecule has 25 heavy (non-hydrogen) atoms. The number of hydrogen-bond donors (Lipinski definition) is 1. The Hall–Kier alpha value is -1.30. The number of amides is 1. The van der Waals surface area contributed by atoms with Gasteiger partial charge in [-0.1, -0.05) is 0 Å². The Morgan fingerprint density at radius 2 is 1.76 bits per heavy atom. The lowest BCUT2D eigenvalue weighted by atomic mass is 9.65. The van der Waals surface area contributed by atoms with Crippen LogP contribution in [-0.4, -0.2) is 64.8 Å². The van der Waals surface area contributed by atoms with E-state index in [2.05, 4.69) is 4.90 Å². The molecule has 1 N–H and O–H groups in total. The summed E-state index contributed by atoms with van der Waals surface area (Å²) in [5, 5.41) is 9.29. The maximum absolute atomic E-state index is 12.1. The van der Waals surface area contributed by atoms with Crippen molar-refractivity contribution >= 4 is 12.1 Å². The molecular weight excluding hydrogens is 320 g/mol. The van der Waals surface area contributed by atoms with E-state index in [4.69, 9.17) is 4.74 Å². The zero-order chi connectivity index (χ0) is 18.4. The normalized spacial score (nSPS) is 34.2. The van der Waals surface area contributed by atoms with Crippen LogP contribution in [0.3, 0.4) is 0 Å². The van der Waals surface area contributed by atoms with Crippen LogP contribution in [0.2, 0.25) is 0 Å². The smallest absolute Gasteiger partial charge is 0.410 e. The Morgan fingerprint density at radius 1 is 1.12 bits per heavy atom. The standard InChI is InChI=1S/C19H32N2O4/c1-18(2,3)25-17(24)21-11-14(12-21)13-6-5-7-20(10-13)15-8-19(4,9-15)16(22)23/h13-15H,5-12H2,1-4H3,(H,22,23). The Balaban J connectivity index is 1.45. The molecule has 6 nitrogen and oxygen atoms in total. The molecule has 0 radical (unpaired) electrons. The number of carboxylic acids is 1. The topological polar surface area (TPSA) is 70.1 Å². The van der Waals surface area contributed by atoms with E-state index in [1.165, 1.54) is 12.8 Å². The molecule has 142 valence electrons. The van der Waals surface area contributed by atoms with Gasteiger partial charge in [0.2, 0.25) is 0 Å². The third-order valence-electron chi connectivity index (χ3n) is 6.12. The third-order valence-corrected chi connectivity index (χ3v) is 6.12. The first kappa shape index (κ1) is 18.5. The van der Waals surface area contributed by atoms with Gasteiger partial charge < -0.3 is 19.6 Å². The number of rotatable bonds is 3. The minimum atomic E-state index is -0.663. The van der Waals surface area contributed by atoms with Crippen molar-refractivity contribution in [3.63, 3.8) is 0 Å². The van der Waals surface area contributed by atoms with E-state index in [1.807, 2.05) is 27.7 Å². The molecule has 0 aromatic heterocycles. The summed E-state index contributed by atoms with van der Waals surface area (Å²) in [6, 6.07) is 0.422. The van der Waals surface area contributed by atoms with Gasteiger partial charge in [-0.15, -0.1) is 0 Å². The summed E-state index contributed by atoms with van der Waals surface area (Å²) in [6.45, 7) is 11.3. The fraction of sp³-hybridized carbons (Fsp3) is 0.895. The predicted molar refractivity (Wildman–Crippen MR) is 94.4 cm³/mol. The molecule has 2 heterocycles. The third kappa shape index (κ3) is 3.94. The summed E-state index contributed by atoms with van der Waals surface area (Å²) in [4.78, 5) is 27.7. The van der Waals surface area contributed by atoms with Gasteiger partial charge in [0.25, 0.3) is 0 Å². The lowest BCUT2D eigenvalue weighted by molar-refractivity contribution is -0.158. The van der Waals surface area contributed by atoms with Crippen LogP contribution in [0, 0.1) is 17.3 Å².